The lowest BCUT2D eigenvalue weighted by Crippen LogP contribution is -2.42. The van der Waals surface area contributed by atoms with Crippen LogP contribution in [0.3, 0.4) is 0 Å². The average molecular weight is 416 g/mol. The fraction of sp³-hybridized carbons (Fsp3) is 0.464. The van der Waals surface area contributed by atoms with Crippen molar-refractivity contribution in [1.82, 2.24) is 0 Å². The van der Waals surface area contributed by atoms with Crippen LogP contribution in [0.15, 0.2) is 48.0 Å². The number of aryl methyl sites for hydroxylation is 1. The fourth-order valence-corrected chi connectivity index (χ4v) is 6.56. The van der Waals surface area contributed by atoms with E-state index in [0.29, 0.717) is 23.5 Å². The summed E-state index contributed by atoms with van der Waals surface area (Å²) in [6.45, 7) is 2.25. The molecule has 0 saturated heterocycles. The van der Waals surface area contributed by atoms with Gasteiger partial charge in [-0.15, -0.1) is 0 Å². The predicted octanol–water partition coefficient (Wildman–Crippen LogP) is 5.88. The van der Waals surface area contributed by atoms with E-state index < -0.39 is 0 Å². The summed E-state index contributed by atoms with van der Waals surface area (Å²) >= 11 is 0. The van der Waals surface area contributed by atoms with E-state index in [1.165, 1.54) is 23.2 Å². The molecule has 2 fully saturated rings. The molecule has 31 heavy (non-hydrogen) atoms. The van der Waals surface area contributed by atoms with E-state index in [1.54, 1.807) is 7.11 Å². The first-order valence-electron chi connectivity index (χ1n) is 11.6. The molecule has 0 heterocycles. The molecule has 3 aliphatic carbocycles. The molecule has 3 nitrogen and oxygen atoms in total. The van der Waals surface area contributed by atoms with Crippen LogP contribution in [0.5, 0.6) is 5.75 Å². The van der Waals surface area contributed by atoms with Gasteiger partial charge in [-0.1, -0.05) is 25.1 Å². The third kappa shape index (κ3) is 3.30. The number of anilines is 1. The maximum atomic E-state index is 13.6. The van der Waals surface area contributed by atoms with Gasteiger partial charge in [0.05, 0.1) is 7.11 Å². The Kier molecular flexibility index (Phi) is 4.96. The van der Waals surface area contributed by atoms with Gasteiger partial charge in [-0.2, -0.15) is 0 Å². The average Bonchev–Trinajstić information content (AvgIpc) is 3.04. The summed E-state index contributed by atoms with van der Waals surface area (Å²) in [5.74, 6) is 3.00. The van der Waals surface area contributed by atoms with Crippen LogP contribution in [-0.2, 0) is 11.2 Å². The maximum Gasteiger partial charge on any atom is 0.165 e. The number of fused-ring (bicyclic) bond motifs is 5. The second kappa shape index (κ2) is 7.55. The first kappa shape index (κ1) is 20.4. The number of ketones is 1. The zero-order valence-electron chi connectivity index (χ0n) is 19.2. The number of hydrogen-bond donors (Lipinski definition) is 0. The molecule has 3 aliphatic rings. The molecule has 0 bridgehead atoms. The van der Waals surface area contributed by atoms with Crippen LogP contribution in [0.4, 0.5) is 5.69 Å². The molecule has 5 rings (SSSR count). The van der Waals surface area contributed by atoms with Crippen LogP contribution in [-0.4, -0.2) is 27.0 Å². The molecule has 2 aromatic carbocycles. The van der Waals surface area contributed by atoms with Gasteiger partial charge in [0.1, 0.15) is 5.75 Å². The lowest BCUT2D eigenvalue weighted by molar-refractivity contribution is -0.127. The molecule has 0 aromatic heterocycles. The van der Waals surface area contributed by atoms with Crippen molar-refractivity contribution in [1.29, 1.82) is 0 Å². The van der Waals surface area contributed by atoms with Crippen molar-refractivity contribution in [3.63, 3.8) is 0 Å². The van der Waals surface area contributed by atoms with Crippen LogP contribution < -0.4 is 9.64 Å². The normalized spacial score (nSPS) is 30.5. The summed E-state index contributed by atoms with van der Waals surface area (Å²) in [7, 11) is 5.84. The van der Waals surface area contributed by atoms with Gasteiger partial charge in [-0.25, -0.2) is 0 Å². The summed E-state index contributed by atoms with van der Waals surface area (Å²) in [4.78, 5) is 15.7. The maximum absolute atomic E-state index is 13.6. The number of carbonyl (C=O) groups excluding carboxylic acids is 1. The standard InChI is InChI=1S/C28H33NO2/c1-28-14-13-24-23-12-10-22(31-4)16-19(23)7-11-25(24)26(28)17-20(27(28)30)15-18-5-8-21(9-6-18)29(2)3/h5-6,8-10,12,15-16,24-26H,7,11,13-14,17H2,1-4H3/b20-15-/t24-,25-,26+,28+/m1/s1. The number of hydrogen-bond acceptors (Lipinski definition) is 3. The van der Waals surface area contributed by atoms with E-state index in [1.807, 2.05) is 14.1 Å². The Bertz CT molecular complexity index is 1040. The molecule has 3 heteroatoms. The Morgan fingerprint density at radius 1 is 1.10 bits per heavy atom. The first-order valence-corrected chi connectivity index (χ1v) is 11.6. The third-order valence-corrected chi connectivity index (χ3v) is 8.32. The highest BCUT2D eigenvalue weighted by Gasteiger charge is 2.56. The van der Waals surface area contributed by atoms with E-state index >= 15 is 0 Å². The Morgan fingerprint density at radius 3 is 2.58 bits per heavy atom. The van der Waals surface area contributed by atoms with Crippen molar-refractivity contribution in [2.45, 2.75) is 44.9 Å². The molecule has 0 spiro atoms. The molecule has 0 unspecified atom stereocenters. The van der Waals surface area contributed by atoms with Crippen LogP contribution in [0.25, 0.3) is 6.08 Å². The minimum atomic E-state index is -0.194. The lowest BCUT2D eigenvalue weighted by Gasteiger charge is -2.48. The minimum absolute atomic E-state index is 0.194. The molecule has 162 valence electrons. The number of carbonyl (C=O) groups is 1. The number of Topliss-reactive ketones (excluding diaryl/α,β-unsaturated/α-hetero) is 1. The Hall–Kier alpha value is -2.55. The van der Waals surface area contributed by atoms with Crippen LogP contribution >= 0.6 is 0 Å². The number of methoxy groups -OCH3 is 1. The van der Waals surface area contributed by atoms with Crippen LogP contribution in [0, 0.1) is 17.3 Å². The first-order chi connectivity index (χ1) is 14.9. The molecule has 2 saturated carbocycles. The highest BCUT2D eigenvalue weighted by atomic mass is 16.5. The van der Waals surface area contributed by atoms with Gasteiger partial charge in [0, 0.05) is 25.2 Å². The largest absolute Gasteiger partial charge is 0.497 e. The highest BCUT2D eigenvalue weighted by molar-refractivity contribution is 6.06. The zero-order valence-corrected chi connectivity index (χ0v) is 19.2. The van der Waals surface area contributed by atoms with Gasteiger partial charge in [0.25, 0.3) is 0 Å². The number of rotatable bonds is 3. The number of ether oxygens (including phenoxy) is 1. The van der Waals surface area contributed by atoms with Crippen molar-refractivity contribution in [2.75, 3.05) is 26.1 Å². The summed E-state index contributed by atoms with van der Waals surface area (Å²) in [6.07, 6.45) is 7.48. The molecule has 0 N–H and O–H groups in total. The van der Waals surface area contributed by atoms with E-state index in [9.17, 15) is 4.79 Å². The smallest absolute Gasteiger partial charge is 0.165 e. The number of benzene rings is 2. The van der Waals surface area contributed by atoms with Gasteiger partial charge in [-0.05, 0) is 102 Å². The van der Waals surface area contributed by atoms with Gasteiger partial charge in [0.2, 0.25) is 0 Å². The third-order valence-electron chi connectivity index (χ3n) is 8.32. The van der Waals surface area contributed by atoms with Gasteiger partial charge in [-0.3, -0.25) is 4.79 Å². The van der Waals surface area contributed by atoms with Crippen LogP contribution in [0.1, 0.15) is 55.2 Å². The molecule has 0 amide bonds. The zero-order chi connectivity index (χ0) is 21.8. The van der Waals surface area contributed by atoms with E-state index in [0.717, 1.165) is 42.6 Å². The Labute approximate surface area is 186 Å². The number of allylic oxidation sites excluding steroid dienone is 1. The van der Waals surface area contributed by atoms with Gasteiger partial charge in [0.15, 0.2) is 5.78 Å². The van der Waals surface area contributed by atoms with E-state index in [2.05, 4.69) is 60.4 Å². The second-order valence-electron chi connectivity index (χ2n) is 10.1. The van der Waals surface area contributed by atoms with Crippen molar-refractivity contribution in [3.8, 4) is 5.75 Å². The number of nitrogens with zero attached hydrogens (tertiary/aromatic N) is 1. The minimum Gasteiger partial charge on any atom is -0.497 e. The Balaban J connectivity index is 1.43. The van der Waals surface area contributed by atoms with Crippen molar-refractivity contribution >= 4 is 17.5 Å². The topological polar surface area (TPSA) is 29.5 Å². The van der Waals surface area contributed by atoms with Crippen molar-refractivity contribution in [2.24, 2.45) is 17.3 Å². The summed E-state index contributed by atoms with van der Waals surface area (Å²) in [5, 5.41) is 0. The van der Waals surface area contributed by atoms with Gasteiger partial charge < -0.3 is 9.64 Å². The second-order valence-corrected chi connectivity index (χ2v) is 10.1. The van der Waals surface area contributed by atoms with E-state index in [4.69, 9.17) is 4.74 Å². The van der Waals surface area contributed by atoms with Gasteiger partial charge >= 0.3 is 0 Å². The fourth-order valence-electron chi connectivity index (χ4n) is 6.56. The predicted molar refractivity (Wildman–Crippen MR) is 127 cm³/mol. The quantitative estimate of drug-likeness (QED) is 0.586. The summed E-state index contributed by atoms with van der Waals surface area (Å²) < 4.78 is 5.45. The molecule has 4 atom stereocenters. The van der Waals surface area contributed by atoms with E-state index in [-0.39, 0.29) is 5.41 Å². The molecule has 0 aliphatic heterocycles. The molecule has 2 aromatic rings. The summed E-state index contributed by atoms with van der Waals surface area (Å²) in [6, 6.07) is 15.1. The highest BCUT2D eigenvalue weighted by Crippen LogP contribution is 2.60. The van der Waals surface area contributed by atoms with Crippen molar-refractivity contribution < 1.29 is 9.53 Å². The van der Waals surface area contributed by atoms with Crippen LogP contribution in [0.2, 0.25) is 0 Å². The monoisotopic (exact) mass is 415 g/mol. The lowest BCUT2D eigenvalue weighted by atomic mass is 9.55. The summed E-state index contributed by atoms with van der Waals surface area (Å²) in [5.41, 5.74) is 6.11. The molecule has 0 radical (unpaired) electrons. The molecular weight excluding hydrogens is 382 g/mol. The molecular formula is C28H33NO2. The van der Waals surface area contributed by atoms with Crippen molar-refractivity contribution in [3.05, 3.63) is 64.7 Å². The SMILES string of the molecule is COc1ccc2c(c1)CC[C@@H]1[C@@H]2CC[C@]2(C)C(=O)/C(=C\c3ccc(N(C)C)cc3)C[C@@H]12. The Morgan fingerprint density at radius 2 is 1.87 bits per heavy atom.